The second-order valence-electron chi connectivity index (χ2n) is 3.18. The summed E-state index contributed by atoms with van der Waals surface area (Å²) in [4.78, 5) is 0. The second-order valence-corrected chi connectivity index (χ2v) is 4.83. The van der Waals surface area contributed by atoms with Crippen molar-refractivity contribution in [1.29, 1.82) is 0 Å². The maximum Gasteiger partial charge on any atom is 0.350 e. The van der Waals surface area contributed by atoms with Crippen molar-refractivity contribution in [3.8, 4) is 0 Å². The summed E-state index contributed by atoms with van der Waals surface area (Å²) in [5.74, 6) is -4.00. The molecule has 0 radical (unpaired) electrons. The molecule has 0 amide bonds. The summed E-state index contributed by atoms with van der Waals surface area (Å²) in [7, 11) is -4.79. The lowest BCUT2D eigenvalue weighted by molar-refractivity contribution is 0.229. The minimum Gasteiger partial charge on any atom is -0.409 e. The van der Waals surface area contributed by atoms with E-state index in [4.69, 9.17) is 10.9 Å². The molecule has 6 nitrogen and oxygen atoms in total. The van der Waals surface area contributed by atoms with Crippen LogP contribution in [0.5, 0.6) is 0 Å². The summed E-state index contributed by atoms with van der Waals surface area (Å²) < 4.78 is 48.2. The number of nitrogens with one attached hydrogen (secondary N) is 1. The van der Waals surface area contributed by atoms with E-state index in [0.29, 0.717) is 0 Å². The van der Waals surface area contributed by atoms with E-state index in [1.807, 2.05) is 0 Å². The van der Waals surface area contributed by atoms with Crippen molar-refractivity contribution in [1.82, 2.24) is 4.72 Å². The van der Waals surface area contributed by atoms with Crippen LogP contribution in [0.15, 0.2) is 5.16 Å². The van der Waals surface area contributed by atoms with Gasteiger partial charge in [0.15, 0.2) is 5.84 Å². The topological polar surface area (TPSA) is 105 Å². The fourth-order valence-corrected chi connectivity index (χ4v) is 2.25. The van der Waals surface area contributed by atoms with E-state index in [9.17, 15) is 17.2 Å². The lowest BCUT2D eigenvalue weighted by atomic mass is 9.93. The SMILES string of the molecule is CCC(CC)(NS(=O)(=O)C(F)F)/C(N)=N/O. The van der Waals surface area contributed by atoms with Gasteiger partial charge in [-0.1, -0.05) is 19.0 Å². The molecule has 4 N–H and O–H groups in total. The maximum absolute atomic E-state index is 12.2. The molecule has 0 aliphatic carbocycles. The third kappa shape index (κ3) is 3.01. The Balaban J connectivity index is 5.27. The molecule has 0 rings (SSSR count). The zero-order chi connectivity index (χ0) is 13.0. The third-order valence-electron chi connectivity index (χ3n) is 2.38. The van der Waals surface area contributed by atoms with Crippen LogP contribution < -0.4 is 10.5 Å². The van der Waals surface area contributed by atoms with Crippen LogP contribution in [0.4, 0.5) is 8.78 Å². The molecular formula is C7H15F2N3O3S. The van der Waals surface area contributed by atoms with Gasteiger partial charge < -0.3 is 10.9 Å². The van der Waals surface area contributed by atoms with E-state index in [1.54, 1.807) is 4.72 Å². The predicted octanol–water partition coefficient (Wildman–Crippen LogP) is 0.434. The average Bonchev–Trinajstić information content (AvgIpc) is 2.24. The number of nitrogens with zero attached hydrogens (tertiary/aromatic N) is 1. The molecular weight excluding hydrogens is 244 g/mol. The normalized spacial score (nSPS) is 14.4. The van der Waals surface area contributed by atoms with Crippen molar-refractivity contribution >= 4 is 15.9 Å². The Hall–Kier alpha value is -0.960. The first kappa shape index (κ1) is 15.0. The highest BCUT2D eigenvalue weighted by Crippen LogP contribution is 2.19. The fraction of sp³-hybridized carbons (Fsp3) is 0.857. The molecule has 0 heterocycles. The quantitative estimate of drug-likeness (QED) is 0.278. The van der Waals surface area contributed by atoms with E-state index < -0.39 is 27.2 Å². The molecule has 0 spiro atoms. The maximum atomic E-state index is 12.2. The van der Waals surface area contributed by atoms with Crippen LogP contribution in [0.2, 0.25) is 0 Å². The van der Waals surface area contributed by atoms with Crippen molar-refractivity contribution < 1.29 is 22.4 Å². The van der Waals surface area contributed by atoms with Crippen LogP contribution in [0.1, 0.15) is 26.7 Å². The molecule has 0 aromatic carbocycles. The summed E-state index contributed by atoms with van der Waals surface area (Å²) >= 11 is 0. The highest BCUT2D eigenvalue weighted by molar-refractivity contribution is 7.89. The summed E-state index contributed by atoms with van der Waals surface area (Å²) in [5, 5.41) is 11.2. The smallest absolute Gasteiger partial charge is 0.350 e. The first-order valence-corrected chi connectivity index (χ1v) is 6.09. The van der Waals surface area contributed by atoms with E-state index in [-0.39, 0.29) is 12.8 Å². The van der Waals surface area contributed by atoms with Gasteiger partial charge in [-0.2, -0.15) is 13.5 Å². The number of nitrogens with two attached hydrogens (primary N) is 1. The summed E-state index contributed by atoms with van der Waals surface area (Å²) in [6, 6.07) is 0. The molecule has 0 aliphatic rings. The van der Waals surface area contributed by atoms with Gasteiger partial charge in [-0.3, -0.25) is 0 Å². The molecule has 0 bridgehead atoms. The Morgan fingerprint density at radius 2 is 1.94 bits per heavy atom. The zero-order valence-electron chi connectivity index (χ0n) is 8.94. The van der Waals surface area contributed by atoms with Crippen LogP contribution in [-0.4, -0.2) is 30.8 Å². The Morgan fingerprint density at radius 3 is 2.19 bits per heavy atom. The Kier molecular flexibility index (Phi) is 5.07. The van der Waals surface area contributed by atoms with E-state index in [0.717, 1.165) is 0 Å². The van der Waals surface area contributed by atoms with Gasteiger partial charge in [0.05, 0.1) is 5.54 Å². The predicted molar refractivity (Wildman–Crippen MR) is 54.8 cm³/mol. The first-order chi connectivity index (χ1) is 7.25. The van der Waals surface area contributed by atoms with Crippen molar-refractivity contribution in [3.05, 3.63) is 0 Å². The van der Waals surface area contributed by atoms with E-state index in [1.165, 1.54) is 13.8 Å². The van der Waals surface area contributed by atoms with Gasteiger partial charge in [0.25, 0.3) is 10.0 Å². The first-order valence-electron chi connectivity index (χ1n) is 4.54. The summed E-state index contributed by atoms with van der Waals surface area (Å²) in [6.45, 7) is 3.07. The Labute approximate surface area is 92.6 Å². The summed E-state index contributed by atoms with van der Waals surface area (Å²) in [5.41, 5.74) is 3.83. The molecule has 0 saturated carbocycles. The largest absolute Gasteiger partial charge is 0.409 e. The number of hydrogen-bond acceptors (Lipinski definition) is 4. The van der Waals surface area contributed by atoms with Gasteiger partial charge in [-0.15, -0.1) is 0 Å². The van der Waals surface area contributed by atoms with Crippen LogP contribution in [0.3, 0.4) is 0 Å². The minimum absolute atomic E-state index is 0.0886. The zero-order valence-corrected chi connectivity index (χ0v) is 9.76. The number of amidine groups is 1. The molecule has 0 atom stereocenters. The standard InChI is InChI=1S/C7H15F2N3O3S/c1-3-7(4-2,5(10)11-13)12-16(14,15)6(8)9/h6,12-13H,3-4H2,1-2H3,(H2,10,11). The molecule has 0 fully saturated rings. The molecule has 16 heavy (non-hydrogen) atoms. The van der Waals surface area contributed by atoms with Gasteiger partial charge in [0.2, 0.25) is 0 Å². The third-order valence-corrected chi connectivity index (χ3v) is 3.52. The number of halogens is 2. The lowest BCUT2D eigenvalue weighted by Gasteiger charge is -2.30. The monoisotopic (exact) mass is 259 g/mol. The highest BCUT2D eigenvalue weighted by Gasteiger charge is 2.39. The average molecular weight is 259 g/mol. The highest BCUT2D eigenvalue weighted by atomic mass is 32.2. The van der Waals surface area contributed by atoms with Gasteiger partial charge in [0.1, 0.15) is 0 Å². The molecule has 0 saturated heterocycles. The molecule has 0 aromatic heterocycles. The van der Waals surface area contributed by atoms with E-state index >= 15 is 0 Å². The lowest BCUT2D eigenvalue weighted by Crippen LogP contribution is -2.57. The van der Waals surface area contributed by atoms with Gasteiger partial charge >= 0.3 is 5.76 Å². The van der Waals surface area contributed by atoms with Crippen LogP contribution in [-0.2, 0) is 10.0 Å². The van der Waals surface area contributed by atoms with Crippen molar-refractivity contribution in [3.63, 3.8) is 0 Å². The Bertz CT molecular complexity index is 352. The van der Waals surface area contributed by atoms with Crippen molar-refractivity contribution in [2.45, 2.75) is 38.0 Å². The molecule has 96 valence electrons. The number of rotatable bonds is 6. The van der Waals surface area contributed by atoms with Crippen molar-refractivity contribution in [2.24, 2.45) is 10.9 Å². The van der Waals surface area contributed by atoms with Crippen LogP contribution in [0, 0.1) is 0 Å². The van der Waals surface area contributed by atoms with E-state index in [2.05, 4.69) is 5.16 Å². The second kappa shape index (κ2) is 5.39. The van der Waals surface area contributed by atoms with Gasteiger partial charge in [-0.05, 0) is 12.8 Å². The van der Waals surface area contributed by atoms with Crippen molar-refractivity contribution in [2.75, 3.05) is 0 Å². The number of alkyl halides is 2. The Morgan fingerprint density at radius 1 is 1.50 bits per heavy atom. The van der Waals surface area contributed by atoms with Crippen LogP contribution in [0.25, 0.3) is 0 Å². The number of oxime groups is 1. The number of sulfonamides is 1. The molecule has 0 unspecified atom stereocenters. The molecule has 0 aliphatic heterocycles. The minimum atomic E-state index is -4.79. The summed E-state index contributed by atoms with van der Waals surface area (Å²) in [6.07, 6.45) is 0.177. The van der Waals surface area contributed by atoms with Crippen LogP contribution >= 0.6 is 0 Å². The fourth-order valence-electron chi connectivity index (χ4n) is 1.22. The molecule has 9 heteroatoms. The number of hydrogen-bond donors (Lipinski definition) is 3. The van der Waals surface area contributed by atoms with Gasteiger partial charge in [0, 0.05) is 0 Å². The van der Waals surface area contributed by atoms with Gasteiger partial charge in [-0.25, -0.2) is 8.42 Å². The molecule has 0 aromatic rings.